The summed E-state index contributed by atoms with van der Waals surface area (Å²) >= 11 is 0. The van der Waals surface area contributed by atoms with Gasteiger partial charge in [0.25, 0.3) is 0 Å². The molecule has 0 aliphatic carbocycles. The van der Waals surface area contributed by atoms with E-state index in [1.165, 1.54) is 0 Å². The molecule has 0 unspecified atom stereocenters. The first kappa shape index (κ1) is 19.4. The number of hydrogen-bond acceptors (Lipinski definition) is 6. The summed E-state index contributed by atoms with van der Waals surface area (Å²) in [7, 11) is -3.91. The van der Waals surface area contributed by atoms with E-state index in [9.17, 15) is 21.6 Å². The molecule has 1 aromatic heterocycles. The lowest BCUT2D eigenvalue weighted by molar-refractivity contribution is -0.274. The number of nitrogens with one attached hydrogen (secondary N) is 1. The maximum absolute atomic E-state index is 12.3. The number of ether oxygens (including phenoxy) is 1. The lowest BCUT2D eigenvalue weighted by Gasteiger charge is -2.15. The van der Waals surface area contributed by atoms with Gasteiger partial charge < -0.3 is 9.64 Å². The molecule has 2 aromatic rings. The molecule has 0 bridgehead atoms. The number of anilines is 1. The van der Waals surface area contributed by atoms with Crippen LogP contribution in [0.5, 0.6) is 5.75 Å². The Labute approximate surface area is 154 Å². The summed E-state index contributed by atoms with van der Waals surface area (Å²) < 4.78 is 67.2. The first-order valence-corrected chi connectivity index (χ1v) is 9.64. The van der Waals surface area contributed by atoms with Gasteiger partial charge in [0.1, 0.15) is 5.75 Å². The topological polar surface area (TPSA) is 84.4 Å². The molecular formula is C16H17F3N4O3S. The molecule has 1 aromatic carbocycles. The normalized spacial score (nSPS) is 15.1. The Morgan fingerprint density at radius 1 is 1.11 bits per heavy atom. The molecule has 27 heavy (non-hydrogen) atoms. The van der Waals surface area contributed by atoms with Crippen molar-refractivity contribution in [1.29, 1.82) is 0 Å². The van der Waals surface area contributed by atoms with Crippen molar-refractivity contribution in [3.8, 4) is 5.75 Å². The van der Waals surface area contributed by atoms with Crippen molar-refractivity contribution in [2.45, 2.75) is 30.6 Å². The number of aromatic nitrogens is 2. The standard InChI is InChI=1S/C16H17F3N4O3S/c17-16(18,19)26-13-3-5-14(6-4-13)27(24,25)21-11-12-7-8-20-15(22-12)23-9-1-2-10-23/h3-8,21H,1-2,9-11H2. The van der Waals surface area contributed by atoms with Crippen LogP contribution in [-0.4, -0.2) is 37.8 Å². The number of benzene rings is 1. The average Bonchev–Trinajstić information content (AvgIpc) is 3.14. The molecule has 0 atom stereocenters. The van der Waals surface area contributed by atoms with Crippen molar-refractivity contribution in [2.24, 2.45) is 0 Å². The predicted molar refractivity (Wildman–Crippen MR) is 90.6 cm³/mol. The molecule has 0 radical (unpaired) electrons. The highest BCUT2D eigenvalue weighted by atomic mass is 32.2. The molecule has 0 amide bonds. The summed E-state index contributed by atoms with van der Waals surface area (Å²) in [6.07, 6.45) is -1.14. The first-order chi connectivity index (χ1) is 12.7. The van der Waals surface area contributed by atoms with Crippen LogP contribution in [0.25, 0.3) is 0 Å². The lowest BCUT2D eigenvalue weighted by atomic mass is 10.3. The van der Waals surface area contributed by atoms with E-state index in [4.69, 9.17) is 0 Å². The van der Waals surface area contributed by atoms with E-state index in [-0.39, 0.29) is 11.4 Å². The summed E-state index contributed by atoms with van der Waals surface area (Å²) in [4.78, 5) is 10.4. The van der Waals surface area contributed by atoms with Crippen molar-refractivity contribution < 1.29 is 26.3 Å². The molecule has 1 N–H and O–H groups in total. The summed E-state index contributed by atoms with van der Waals surface area (Å²) in [5.41, 5.74) is 0.493. The molecule has 1 aliphatic rings. The highest BCUT2D eigenvalue weighted by Crippen LogP contribution is 2.24. The fraction of sp³-hybridized carbons (Fsp3) is 0.375. The lowest BCUT2D eigenvalue weighted by Crippen LogP contribution is -2.25. The third-order valence-corrected chi connectivity index (χ3v) is 5.32. The zero-order valence-electron chi connectivity index (χ0n) is 14.1. The molecule has 1 saturated heterocycles. The second-order valence-corrected chi connectivity index (χ2v) is 7.65. The molecule has 2 heterocycles. The zero-order valence-corrected chi connectivity index (χ0v) is 14.9. The van der Waals surface area contributed by atoms with E-state index in [1.807, 2.05) is 4.90 Å². The van der Waals surface area contributed by atoms with Gasteiger partial charge in [-0.3, -0.25) is 0 Å². The highest BCUT2D eigenvalue weighted by molar-refractivity contribution is 7.89. The molecular weight excluding hydrogens is 385 g/mol. The van der Waals surface area contributed by atoms with Crippen LogP contribution in [0.3, 0.4) is 0 Å². The van der Waals surface area contributed by atoms with E-state index in [2.05, 4.69) is 19.4 Å². The minimum atomic E-state index is -4.83. The van der Waals surface area contributed by atoms with Crippen molar-refractivity contribution in [1.82, 2.24) is 14.7 Å². The van der Waals surface area contributed by atoms with Gasteiger partial charge in [0.15, 0.2) is 0 Å². The Kier molecular flexibility index (Phi) is 5.51. The Bertz CT molecular complexity index is 883. The Balaban J connectivity index is 1.65. The third kappa shape index (κ3) is 5.30. The number of nitrogens with zero attached hydrogens (tertiary/aromatic N) is 3. The van der Waals surface area contributed by atoms with E-state index in [1.54, 1.807) is 12.3 Å². The van der Waals surface area contributed by atoms with Gasteiger partial charge in [0.05, 0.1) is 17.1 Å². The van der Waals surface area contributed by atoms with E-state index < -0.39 is 22.1 Å². The summed E-state index contributed by atoms with van der Waals surface area (Å²) in [6.45, 7) is 1.66. The van der Waals surface area contributed by atoms with Crippen LogP contribution in [0.4, 0.5) is 19.1 Å². The smallest absolute Gasteiger partial charge is 0.406 e. The zero-order chi connectivity index (χ0) is 19.5. The number of hydrogen-bond donors (Lipinski definition) is 1. The molecule has 11 heteroatoms. The number of alkyl halides is 3. The van der Waals surface area contributed by atoms with Crippen LogP contribution >= 0.6 is 0 Å². The van der Waals surface area contributed by atoms with Gasteiger partial charge in [0, 0.05) is 19.3 Å². The van der Waals surface area contributed by atoms with Crippen LogP contribution < -0.4 is 14.4 Å². The molecule has 7 nitrogen and oxygen atoms in total. The van der Waals surface area contributed by atoms with Gasteiger partial charge in [-0.1, -0.05) is 0 Å². The van der Waals surface area contributed by atoms with Crippen LogP contribution in [-0.2, 0) is 16.6 Å². The summed E-state index contributed by atoms with van der Waals surface area (Å²) in [5, 5.41) is 0. The minimum Gasteiger partial charge on any atom is -0.406 e. The Morgan fingerprint density at radius 2 is 1.78 bits per heavy atom. The third-order valence-electron chi connectivity index (χ3n) is 3.90. The van der Waals surface area contributed by atoms with Crippen LogP contribution in [0.15, 0.2) is 41.4 Å². The van der Waals surface area contributed by atoms with Crippen LogP contribution in [0.2, 0.25) is 0 Å². The van der Waals surface area contributed by atoms with Gasteiger partial charge in [-0.05, 0) is 43.2 Å². The molecule has 3 rings (SSSR count). The number of rotatable bonds is 6. The molecule has 0 spiro atoms. The van der Waals surface area contributed by atoms with Crippen molar-refractivity contribution in [3.05, 3.63) is 42.2 Å². The monoisotopic (exact) mass is 402 g/mol. The minimum absolute atomic E-state index is 0.0630. The molecule has 146 valence electrons. The maximum Gasteiger partial charge on any atom is 0.573 e. The van der Waals surface area contributed by atoms with Gasteiger partial charge in [-0.25, -0.2) is 23.1 Å². The second-order valence-electron chi connectivity index (χ2n) is 5.89. The highest BCUT2D eigenvalue weighted by Gasteiger charge is 2.31. The average molecular weight is 402 g/mol. The predicted octanol–water partition coefficient (Wildman–Crippen LogP) is 2.45. The fourth-order valence-corrected chi connectivity index (χ4v) is 3.62. The Morgan fingerprint density at radius 3 is 2.41 bits per heavy atom. The van der Waals surface area contributed by atoms with E-state index >= 15 is 0 Å². The summed E-state index contributed by atoms with van der Waals surface area (Å²) in [6, 6.07) is 5.57. The summed E-state index contributed by atoms with van der Waals surface area (Å²) in [5.74, 6) is 0.0605. The molecule has 1 aliphatic heterocycles. The van der Waals surface area contributed by atoms with Gasteiger partial charge in [0.2, 0.25) is 16.0 Å². The molecule has 0 saturated carbocycles. The number of sulfonamides is 1. The van der Waals surface area contributed by atoms with Crippen molar-refractivity contribution in [2.75, 3.05) is 18.0 Å². The van der Waals surface area contributed by atoms with Crippen LogP contribution in [0, 0.1) is 0 Å². The molecule has 1 fully saturated rings. The fourth-order valence-electron chi connectivity index (χ4n) is 2.63. The van der Waals surface area contributed by atoms with E-state index in [0.717, 1.165) is 50.2 Å². The first-order valence-electron chi connectivity index (χ1n) is 8.15. The quantitative estimate of drug-likeness (QED) is 0.799. The Hall–Kier alpha value is -2.40. The van der Waals surface area contributed by atoms with Gasteiger partial charge in [-0.2, -0.15) is 0 Å². The second kappa shape index (κ2) is 7.69. The van der Waals surface area contributed by atoms with Gasteiger partial charge in [-0.15, -0.1) is 13.2 Å². The van der Waals surface area contributed by atoms with Crippen LogP contribution in [0.1, 0.15) is 18.5 Å². The number of halogens is 3. The maximum atomic E-state index is 12.3. The SMILES string of the molecule is O=S(=O)(NCc1ccnc(N2CCCC2)n1)c1ccc(OC(F)(F)F)cc1. The van der Waals surface area contributed by atoms with Gasteiger partial charge >= 0.3 is 6.36 Å². The van der Waals surface area contributed by atoms with E-state index in [0.29, 0.717) is 11.6 Å². The van der Waals surface area contributed by atoms with Crippen molar-refractivity contribution >= 4 is 16.0 Å². The van der Waals surface area contributed by atoms with Crippen molar-refractivity contribution in [3.63, 3.8) is 0 Å². The largest absolute Gasteiger partial charge is 0.573 e.